The molecule has 0 aliphatic carbocycles. The number of halogens is 2. The summed E-state index contributed by atoms with van der Waals surface area (Å²) in [6, 6.07) is 17.2. The van der Waals surface area contributed by atoms with Crippen LogP contribution in [0.1, 0.15) is 31.0 Å². The van der Waals surface area contributed by atoms with Gasteiger partial charge in [0.15, 0.2) is 0 Å². The lowest BCUT2D eigenvalue weighted by atomic mass is 9.98. The Morgan fingerprint density at radius 1 is 0.882 bits per heavy atom. The predicted molar refractivity (Wildman–Crippen MR) is 128 cm³/mol. The van der Waals surface area contributed by atoms with Crippen LogP contribution >= 0.6 is 0 Å². The molecule has 3 aromatic carbocycles. The molecule has 0 spiro atoms. The van der Waals surface area contributed by atoms with E-state index in [-0.39, 0.29) is 23.1 Å². The number of carbonyl (C=O) groups excluding carboxylic acids is 1. The highest BCUT2D eigenvalue weighted by Gasteiger charge is 2.22. The molecule has 0 aromatic heterocycles. The Bertz CT molecular complexity index is 1170. The van der Waals surface area contributed by atoms with Gasteiger partial charge in [0.2, 0.25) is 15.9 Å². The number of carbonyl (C=O) groups is 1. The first-order chi connectivity index (χ1) is 16.2. The summed E-state index contributed by atoms with van der Waals surface area (Å²) in [4.78, 5) is 12.7. The maximum Gasteiger partial charge on any atom is 0.243 e. The van der Waals surface area contributed by atoms with Crippen LogP contribution in [0.4, 0.5) is 14.5 Å². The van der Waals surface area contributed by atoms with Crippen molar-refractivity contribution in [3.63, 3.8) is 0 Å². The molecule has 0 saturated carbocycles. The maximum absolute atomic E-state index is 13.4. The Morgan fingerprint density at radius 3 is 1.91 bits per heavy atom. The van der Waals surface area contributed by atoms with E-state index in [4.69, 9.17) is 0 Å². The van der Waals surface area contributed by atoms with Crippen LogP contribution in [0.2, 0.25) is 0 Å². The number of nitrogens with one attached hydrogen (secondary N) is 2. The van der Waals surface area contributed by atoms with E-state index >= 15 is 0 Å². The normalized spacial score (nSPS) is 11.7. The van der Waals surface area contributed by atoms with E-state index in [9.17, 15) is 22.0 Å². The van der Waals surface area contributed by atoms with Gasteiger partial charge in [0.1, 0.15) is 11.6 Å². The van der Waals surface area contributed by atoms with Crippen molar-refractivity contribution in [1.29, 1.82) is 0 Å². The molecule has 2 N–H and O–H groups in total. The largest absolute Gasteiger partial charge is 0.325 e. The van der Waals surface area contributed by atoms with Crippen molar-refractivity contribution in [1.82, 2.24) is 9.62 Å². The summed E-state index contributed by atoms with van der Waals surface area (Å²) >= 11 is 0. The van der Waals surface area contributed by atoms with Crippen LogP contribution in [-0.4, -0.2) is 38.3 Å². The Morgan fingerprint density at radius 2 is 1.41 bits per heavy atom. The monoisotopic (exact) mass is 487 g/mol. The minimum atomic E-state index is -3.66. The Balaban J connectivity index is 1.74. The number of hydrogen-bond donors (Lipinski definition) is 2. The molecule has 6 nitrogen and oxygen atoms in total. The molecule has 9 heteroatoms. The number of benzene rings is 3. The lowest BCUT2D eigenvalue weighted by molar-refractivity contribution is -0.115. The third-order valence-corrected chi connectivity index (χ3v) is 7.38. The Labute approximate surface area is 198 Å². The molecule has 0 aliphatic heterocycles. The van der Waals surface area contributed by atoms with Crippen molar-refractivity contribution in [3.05, 3.63) is 95.6 Å². The topological polar surface area (TPSA) is 78.5 Å². The van der Waals surface area contributed by atoms with Crippen LogP contribution in [-0.2, 0) is 14.8 Å². The van der Waals surface area contributed by atoms with Gasteiger partial charge >= 0.3 is 0 Å². The van der Waals surface area contributed by atoms with Gasteiger partial charge in [0, 0.05) is 18.8 Å². The van der Waals surface area contributed by atoms with Crippen LogP contribution < -0.4 is 10.6 Å². The Hall–Kier alpha value is -3.14. The zero-order valence-electron chi connectivity index (χ0n) is 19.0. The third-order valence-electron chi connectivity index (χ3n) is 5.33. The second-order valence-corrected chi connectivity index (χ2v) is 9.52. The highest BCUT2D eigenvalue weighted by molar-refractivity contribution is 7.89. The lowest BCUT2D eigenvalue weighted by Gasteiger charge is -2.20. The van der Waals surface area contributed by atoms with Crippen molar-refractivity contribution >= 4 is 21.6 Å². The molecule has 3 aromatic rings. The second-order valence-electron chi connectivity index (χ2n) is 7.58. The fourth-order valence-corrected chi connectivity index (χ4v) is 5.09. The van der Waals surface area contributed by atoms with Crippen molar-refractivity contribution in [2.75, 3.05) is 25.0 Å². The summed E-state index contributed by atoms with van der Waals surface area (Å²) in [5, 5.41) is 5.81. The van der Waals surface area contributed by atoms with Gasteiger partial charge in [0.25, 0.3) is 0 Å². The van der Waals surface area contributed by atoms with Crippen molar-refractivity contribution < 1.29 is 22.0 Å². The van der Waals surface area contributed by atoms with Gasteiger partial charge < -0.3 is 5.32 Å². The SMILES string of the molecule is CCN(CC)S(=O)(=O)c1cccc(NC(=O)CNC(c2ccc(F)cc2)c2ccc(F)cc2)c1. The van der Waals surface area contributed by atoms with E-state index in [2.05, 4.69) is 10.6 Å². The average Bonchev–Trinajstić information content (AvgIpc) is 2.82. The summed E-state index contributed by atoms with van der Waals surface area (Å²) in [6.07, 6.45) is 0. The fraction of sp³-hybridized carbons (Fsp3) is 0.240. The fourth-order valence-electron chi connectivity index (χ4n) is 3.59. The molecule has 34 heavy (non-hydrogen) atoms. The zero-order chi connectivity index (χ0) is 24.7. The smallest absolute Gasteiger partial charge is 0.243 e. The van der Waals surface area contributed by atoms with Crippen LogP contribution in [0.3, 0.4) is 0 Å². The molecule has 0 atom stereocenters. The lowest BCUT2D eigenvalue weighted by Crippen LogP contribution is -2.32. The first-order valence-corrected chi connectivity index (χ1v) is 12.3. The van der Waals surface area contributed by atoms with E-state index in [0.717, 1.165) is 0 Å². The first kappa shape index (κ1) is 25.5. The van der Waals surface area contributed by atoms with Gasteiger partial charge in [-0.2, -0.15) is 4.31 Å². The maximum atomic E-state index is 13.4. The number of hydrogen-bond acceptors (Lipinski definition) is 4. The van der Waals surface area contributed by atoms with Crippen LogP contribution in [0.5, 0.6) is 0 Å². The van der Waals surface area contributed by atoms with E-state index in [1.807, 2.05) is 0 Å². The number of nitrogens with zero attached hydrogens (tertiary/aromatic N) is 1. The molecule has 0 radical (unpaired) electrons. The summed E-state index contributed by atoms with van der Waals surface area (Å²) in [7, 11) is -3.66. The van der Waals surface area contributed by atoms with Crippen LogP contribution in [0.15, 0.2) is 77.7 Å². The molecule has 3 rings (SSSR count). The average molecular weight is 488 g/mol. The molecule has 0 heterocycles. The third kappa shape index (κ3) is 6.25. The number of amides is 1. The molecule has 0 aliphatic rings. The molecule has 0 bridgehead atoms. The van der Waals surface area contributed by atoms with E-state index in [0.29, 0.717) is 29.9 Å². The highest BCUT2D eigenvalue weighted by Crippen LogP contribution is 2.23. The summed E-state index contributed by atoms with van der Waals surface area (Å²) in [5.41, 5.74) is 1.75. The minimum Gasteiger partial charge on any atom is -0.325 e. The minimum absolute atomic E-state index is 0.0949. The number of sulfonamides is 1. The zero-order valence-corrected chi connectivity index (χ0v) is 19.8. The standard InChI is InChI=1S/C25H27F2N3O3S/c1-3-30(4-2)34(32,33)23-7-5-6-22(16-23)29-24(31)17-28-25(18-8-12-20(26)13-9-18)19-10-14-21(27)15-11-19/h5-16,25,28H,3-4,17H2,1-2H3,(H,29,31). The van der Waals surface area contributed by atoms with E-state index < -0.39 is 22.0 Å². The first-order valence-electron chi connectivity index (χ1n) is 10.9. The molecule has 1 amide bonds. The van der Waals surface area contributed by atoms with Gasteiger partial charge in [-0.15, -0.1) is 0 Å². The number of rotatable bonds is 10. The van der Waals surface area contributed by atoms with Crippen molar-refractivity contribution in [3.8, 4) is 0 Å². The molecule has 180 valence electrons. The van der Waals surface area contributed by atoms with Gasteiger partial charge in [-0.05, 0) is 53.6 Å². The van der Waals surface area contributed by atoms with E-state index in [1.165, 1.54) is 40.7 Å². The highest BCUT2D eigenvalue weighted by atomic mass is 32.2. The summed E-state index contributed by atoms with van der Waals surface area (Å²) in [6.45, 7) is 4.08. The van der Waals surface area contributed by atoms with Crippen molar-refractivity contribution in [2.24, 2.45) is 0 Å². The van der Waals surface area contributed by atoms with Crippen LogP contribution in [0.25, 0.3) is 0 Å². The Kier molecular flexibility index (Phi) is 8.49. The molecule has 0 fully saturated rings. The summed E-state index contributed by atoms with van der Waals surface area (Å²) in [5.74, 6) is -1.18. The summed E-state index contributed by atoms with van der Waals surface area (Å²) < 4.78 is 53.6. The van der Waals surface area contributed by atoms with Crippen molar-refractivity contribution in [2.45, 2.75) is 24.8 Å². The molecule has 0 unspecified atom stereocenters. The quantitative estimate of drug-likeness (QED) is 0.447. The van der Waals surface area contributed by atoms with Gasteiger partial charge in [-0.25, -0.2) is 17.2 Å². The van der Waals surface area contributed by atoms with E-state index in [1.54, 1.807) is 50.2 Å². The van der Waals surface area contributed by atoms with Gasteiger partial charge in [-0.1, -0.05) is 44.2 Å². The molecular formula is C25H27F2N3O3S. The van der Waals surface area contributed by atoms with Gasteiger partial charge in [-0.3, -0.25) is 10.1 Å². The molecule has 0 saturated heterocycles. The molecular weight excluding hydrogens is 460 g/mol. The number of anilines is 1. The van der Waals surface area contributed by atoms with Gasteiger partial charge in [0.05, 0.1) is 17.5 Å². The van der Waals surface area contributed by atoms with Crippen LogP contribution in [0, 0.1) is 11.6 Å². The predicted octanol–water partition coefficient (Wildman–Crippen LogP) is 4.31. The second kappa shape index (κ2) is 11.3.